The molecule has 1 aliphatic rings. The second-order valence-corrected chi connectivity index (χ2v) is 4.69. The molecule has 1 atom stereocenters. The van der Waals surface area contributed by atoms with Gasteiger partial charge in [0.05, 0.1) is 6.54 Å². The summed E-state index contributed by atoms with van der Waals surface area (Å²) in [7, 11) is 0. The SMILES string of the molecule is Cc1noc(CNC2CCN(C(C)C)C2)n1. The lowest BCUT2D eigenvalue weighted by Gasteiger charge is -2.20. The number of nitrogens with zero attached hydrogens (tertiary/aromatic N) is 3. The Labute approximate surface area is 96.2 Å². The van der Waals surface area contributed by atoms with Crippen molar-refractivity contribution < 1.29 is 4.52 Å². The third-order valence-electron chi connectivity index (χ3n) is 3.06. The smallest absolute Gasteiger partial charge is 0.240 e. The Hall–Kier alpha value is -0.940. The van der Waals surface area contributed by atoms with Crippen LogP contribution in [-0.2, 0) is 6.54 Å². The molecule has 2 heterocycles. The minimum absolute atomic E-state index is 0.551. The van der Waals surface area contributed by atoms with Crippen LogP contribution in [0.3, 0.4) is 0 Å². The molecule has 1 aliphatic heterocycles. The average molecular weight is 224 g/mol. The van der Waals surface area contributed by atoms with Crippen molar-refractivity contribution in [1.29, 1.82) is 0 Å². The van der Waals surface area contributed by atoms with Crippen molar-refractivity contribution in [2.24, 2.45) is 0 Å². The van der Waals surface area contributed by atoms with E-state index < -0.39 is 0 Å². The molecule has 0 bridgehead atoms. The number of hydrogen-bond donors (Lipinski definition) is 1. The predicted molar refractivity (Wildman–Crippen MR) is 61.0 cm³/mol. The Balaban J connectivity index is 1.75. The number of rotatable bonds is 4. The highest BCUT2D eigenvalue weighted by molar-refractivity contribution is 4.86. The zero-order valence-corrected chi connectivity index (χ0v) is 10.2. The van der Waals surface area contributed by atoms with Gasteiger partial charge in [0, 0.05) is 18.6 Å². The molecule has 1 saturated heterocycles. The zero-order valence-electron chi connectivity index (χ0n) is 10.2. The summed E-state index contributed by atoms with van der Waals surface area (Å²) in [5.41, 5.74) is 0. The fraction of sp³-hybridized carbons (Fsp3) is 0.818. The van der Waals surface area contributed by atoms with E-state index in [0.717, 1.165) is 6.54 Å². The largest absolute Gasteiger partial charge is 0.338 e. The lowest BCUT2D eigenvalue weighted by atomic mass is 10.2. The van der Waals surface area contributed by atoms with E-state index in [9.17, 15) is 0 Å². The quantitative estimate of drug-likeness (QED) is 0.825. The molecule has 1 fully saturated rings. The van der Waals surface area contributed by atoms with Crippen LogP contribution in [0.25, 0.3) is 0 Å². The van der Waals surface area contributed by atoms with Crippen LogP contribution in [-0.4, -0.2) is 40.2 Å². The highest BCUT2D eigenvalue weighted by Gasteiger charge is 2.23. The number of aromatic nitrogens is 2. The number of likely N-dealkylation sites (tertiary alicyclic amines) is 1. The van der Waals surface area contributed by atoms with Crippen molar-refractivity contribution in [1.82, 2.24) is 20.4 Å². The van der Waals surface area contributed by atoms with Crippen LogP contribution in [0.15, 0.2) is 4.52 Å². The third kappa shape index (κ3) is 2.80. The maximum atomic E-state index is 5.06. The molecule has 1 aromatic heterocycles. The van der Waals surface area contributed by atoms with Crippen molar-refractivity contribution in [3.05, 3.63) is 11.7 Å². The van der Waals surface area contributed by atoms with Crippen LogP contribution in [0.2, 0.25) is 0 Å². The Morgan fingerprint density at radius 3 is 2.94 bits per heavy atom. The first-order chi connectivity index (χ1) is 7.65. The molecule has 1 aromatic rings. The van der Waals surface area contributed by atoms with Crippen LogP contribution in [0.4, 0.5) is 0 Å². The molecule has 5 heteroatoms. The second kappa shape index (κ2) is 4.93. The summed E-state index contributed by atoms with van der Waals surface area (Å²) in [4.78, 5) is 6.65. The monoisotopic (exact) mass is 224 g/mol. The van der Waals surface area contributed by atoms with Crippen molar-refractivity contribution in [2.45, 2.75) is 45.8 Å². The number of hydrogen-bond acceptors (Lipinski definition) is 5. The standard InChI is InChI=1S/C11H20N4O/c1-8(2)15-5-4-10(7-15)12-6-11-13-9(3)14-16-11/h8,10,12H,4-7H2,1-3H3. The Morgan fingerprint density at radius 2 is 2.38 bits per heavy atom. The molecule has 0 radical (unpaired) electrons. The van der Waals surface area contributed by atoms with Crippen LogP contribution in [0, 0.1) is 6.92 Å². The summed E-state index contributed by atoms with van der Waals surface area (Å²) in [5, 5.41) is 7.23. The lowest BCUT2D eigenvalue weighted by Crippen LogP contribution is -2.34. The first-order valence-electron chi connectivity index (χ1n) is 5.92. The zero-order chi connectivity index (χ0) is 11.5. The normalized spacial score (nSPS) is 22.1. The molecule has 0 aliphatic carbocycles. The fourth-order valence-corrected chi connectivity index (χ4v) is 2.07. The van der Waals surface area contributed by atoms with E-state index in [1.807, 2.05) is 6.92 Å². The van der Waals surface area contributed by atoms with Crippen molar-refractivity contribution in [2.75, 3.05) is 13.1 Å². The molecule has 0 spiro atoms. The van der Waals surface area contributed by atoms with Gasteiger partial charge in [-0.1, -0.05) is 5.16 Å². The Kier molecular flexibility index (Phi) is 3.56. The molecule has 1 N–H and O–H groups in total. The summed E-state index contributed by atoms with van der Waals surface area (Å²) in [5.74, 6) is 1.38. The molecular formula is C11H20N4O. The van der Waals surface area contributed by atoms with E-state index in [4.69, 9.17) is 4.52 Å². The van der Waals surface area contributed by atoms with Gasteiger partial charge in [0.25, 0.3) is 0 Å². The van der Waals surface area contributed by atoms with E-state index in [-0.39, 0.29) is 0 Å². The highest BCUT2D eigenvalue weighted by Crippen LogP contribution is 2.12. The molecule has 2 rings (SSSR count). The number of nitrogens with one attached hydrogen (secondary N) is 1. The van der Waals surface area contributed by atoms with Gasteiger partial charge in [-0.25, -0.2) is 0 Å². The van der Waals surface area contributed by atoms with Gasteiger partial charge < -0.3 is 9.84 Å². The lowest BCUT2D eigenvalue weighted by molar-refractivity contribution is 0.266. The van der Waals surface area contributed by atoms with E-state index in [1.165, 1.54) is 13.0 Å². The van der Waals surface area contributed by atoms with Gasteiger partial charge in [-0.15, -0.1) is 0 Å². The van der Waals surface area contributed by atoms with Gasteiger partial charge in [-0.05, 0) is 33.7 Å². The van der Waals surface area contributed by atoms with Gasteiger partial charge in [-0.3, -0.25) is 4.90 Å². The molecule has 0 aromatic carbocycles. The summed E-state index contributed by atoms with van der Waals surface area (Å²) < 4.78 is 5.06. The third-order valence-corrected chi connectivity index (χ3v) is 3.06. The van der Waals surface area contributed by atoms with E-state index in [2.05, 4.69) is 34.2 Å². The summed E-state index contributed by atoms with van der Waals surface area (Å²) >= 11 is 0. The van der Waals surface area contributed by atoms with Gasteiger partial charge >= 0.3 is 0 Å². The summed E-state index contributed by atoms with van der Waals surface area (Å²) in [6, 6.07) is 1.19. The van der Waals surface area contributed by atoms with Gasteiger partial charge in [-0.2, -0.15) is 4.98 Å². The minimum atomic E-state index is 0.551. The molecule has 5 nitrogen and oxygen atoms in total. The summed E-state index contributed by atoms with van der Waals surface area (Å²) in [6.45, 7) is 9.29. The van der Waals surface area contributed by atoms with Gasteiger partial charge in [0.2, 0.25) is 5.89 Å². The first kappa shape index (κ1) is 11.5. The van der Waals surface area contributed by atoms with E-state index in [0.29, 0.717) is 30.3 Å². The Morgan fingerprint density at radius 1 is 1.56 bits per heavy atom. The molecule has 90 valence electrons. The van der Waals surface area contributed by atoms with Crippen molar-refractivity contribution >= 4 is 0 Å². The average Bonchev–Trinajstić information content (AvgIpc) is 2.83. The first-order valence-corrected chi connectivity index (χ1v) is 5.92. The molecule has 0 saturated carbocycles. The fourth-order valence-electron chi connectivity index (χ4n) is 2.07. The molecule has 1 unspecified atom stereocenters. The van der Waals surface area contributed by atoms with Crippen LogP contribution >= 0.6 is 0 Å². The second-order valence-electron chi connectivity index (χ2n) is 4.69. The molecule has 0 amide bonds. The highest BCUT2D eigenvalue weighted by atomic mass is 16.5. The Bertz CT molecular complexity index is 336. The summed E-state index contributed by atoms with van der Waals surface area (Å²) in [6.07, 6.45) is 1.20. The maximum Gasteiger partial charge on any atom is 0.240 e. The van der Waals surface area contributed by atoms with Gasteiger partial charge in [0.1, 0.15) is 0 Å². The number of aryl methyl sites for hydroxylation is 1. The predicted octanol–water partition coefficient (Wildman–Crippen LogP) is 0.950. The van der Waals surface area contributed by atoms with Crippen LogP contribution in [0.5, 0.6) is 0 Å². The maximum absolute atomic E-state index is 5.06. The van der Waals surface area contributed by atoms with Crippen molar-refractivity contribution in [3.63, 3.8) is 0 Å². The molecule has 16 heavy (non-hydrogen) atoms. The molecular weight excluding hydrogens is 204 g/mol. The minimum Gasteiger partial charge on any atom is -0.338 e. The topological polar surface area (TPSA) is 54.2 Å². The van der Waals surface area contributed by atoms with E-state index >= 15 is 0 Å². The van der Waals surface area contributed by atoms with Gasteiger partial charge in [0.15, 0.2) is 5.82 Å². The van der Waals surface area contributed by atoms with Crippen molar-refractivity contribution in [3.8, 4) is 0 Å². The van der Waals surface area contributed by atoms with E-state index in [1.54, 1.807) is 0 Å². The van der Waals surface area contributed by atoms with Crippen LogP contribution < -0.4 is 5.32 Å². The van der Waals surface area contributed by atoms with Crippen LogP contribution in [0.1, 0.15) is 32.0 Å².